The molecule has 0 fully saturated rings. The number of rotatable bonds is 2. The summed E-state index contributed by atoms with van der Waals surface area (Å²) in [5.41, 5.74) is 5.91. The van der Waals surface area contributed by atoms with Crippen molar-refractivity contribution >= 4 is 11.6 Å². The van der Waals surface area contributed by atoms with Gasteiger partial charge < -0.3 is 4.90 Å². The minimum Gasteiger partial charge on any atom is -0.302 e. The molecule has 1 aliphatic carbocycles. The predicted molar refractivity (Wildman–Crippen MR) is 74.1 cm³/mol. The third kappa shape index (κ3) is 4.05. The molecule has 0 N–H and O–H groups in total. The first kappa shape index (κ1) is 12.4. The van der Waals surface area contributed by atoms with Crippen molar-refractivity contribution in [1.82, 2.24) is 4.90 Å². The Bertz CT molecular complexity index is 434. The second kappa shape index (κ2) is 6.07. The molecule has 2 aliphatic rings. The van der Waals surface area contributed by atoms with Gasteiger partial charge >= 0.3 is 0 Å². The van der Waals surface area contributed by atoms with Gasteiger partial charge in [-0.1, -0.05) is 35.9 Å². The molecule has 0 aromatic rings. The van der Waals surface area contributed by atoms with E-state index in [1.54, 1.807) is 0 Å². The summed E-state index contributed by atoms with van der Waals surface area (Å²) in [6.45, 7) is 2.21. The molecule has 0 amide bonds. The van der Waals surface area contributed by atoms with E-state index in [0.717, 1.165) is 37.4 Å². The van der Waals surface area contributed by atoms with Crippen LogP contribution in [0.5, 0.6) is 0 Å². The van der Waals surface area contributed by atoms with Crippen LogP contribution in [-0.2, 0) is 0 Å². The third-order valence-electron chi connectivity index (χ3n) is 3.09. The molecule has 0 radical (unpaired) electrons. The highest BCUT2D eigenvalue weighted by molar-refractivity contribution is 6.31. The van der Waals surface area contributed by atoms with Crippen LogP contribution in [0.4, 0.5) is 0 Å². The molecule has 0 spiro atoms. The molecule has 0 saturated heterocycles. The number of hydrogen-bond acceptors (Lipinski definition) is 1. The Morgan fingerprint density at radius 2 is 2.18 bits per heavy atom. The van der Waals surface area contributed by atoms with Crippen molar-refractivity contribution in [1.29, 1.82) is 0 Å². The quantitative estimate of drug-likeness (QED) is 0.671. The number of allylic oxidation sites excluding steroid dienone is 5. The summed E-state index contributed by atoms with van der Waals surface area (Å²) >= 11 is 5.94. The van der Waals surface area contributed by atoms with Crippen LogP contribution < -0.4 is 0 Å². The molecule has 0 saturated carbocycles. The van der Waals surface area contributed by atoms with Gasteiger partial charge in [0, 0.05) is 18.1 Å². The van der Waals surface area contributed by atoms with Gasteiger partial charge in [-0.15, -0.1) is 5.73 Å². The molecule has 0 bridgehead atoms. The van der Waals surface area contributed by atoms with Gasteiger partial charge in [0.05, 0.1) is 0 Å². The second-order valence-electron chi connectivity index (χ2n) is 4.57. The largest absolute Gasteiger partial charge is 0.302 e. The molecule has 1 heterocycles. The van der Waals surface area contributed by atoms with Gasteiger partial charge in [-0.3, -0.25) is 0 Å². The highest BCUT2D eigenvalue weighted by Crippen LogP contribution is 2.17. The van der Waals surface area contributed by atoms with Crippen molar-refractivity contribution in [3.63, 3.8) is 0 Å². The summed E-state index contributed by atoms with van der Waals surface area (Å²) in [7, 11) is 2.15. The minimum absolute atomic E-state index is 0.798. The fraction of sp³-hybridized carbons (Fsp3) is 0.400. The number of likely N-dealkylation sites (N-methyl/N-ethyl adjacent to an activating group) is 1. The molecule has 0 aromatic carbocycles. The van der Waals surface area contributed by atoms with Crippen LogP contribution in [0.2, 0.25) is 0 Å². The molecule has 2 heteroatoms. The van der Waals surface area contributed by atoms with Crippen LogP contribution in [0.25, 0.3) is 0 Å². The molecule has 1 nitrogen and oxygen atoms in total. The van der Waals surface area contributed by atoms with Gasteiger partial charge in [-0.05, 0) is 43.5 Å². The van der Waals surface area contributed by atoms with Gasteiger partial charge in [0.15, 0.2) is 0 Å². The standard InChI is InChI=1S/C15H18ClN/c1-17-11-9-14(10-12-17)6-5-13-3-2-4-15(16)8-7-13/h4-6,8-9H,2-3,10-12H2,1H3/b6-5+. The highest BCUT2D eigenvalue weighted by atomic mass is 35.5. The lowest BCUT2D eigenvalue weighted by atomic mass is 10.1. The zero-order valence-electron chi connectivity index (χ0n) is 10.2. The summed E-state index contributed by atoms with van der Waals surface area (Å²) in [6.07, 6.45) is 13.8. The van der Waals surface area contributed by atoms with E-state index in [0.29, 0.717) is 0 Å². The topological polar surface area (TPSA) is 3.24 Å². The smallest absolute Gasteiger partial charge is 0.0443 e. The molecular weight excluding hydrogens is 230 g/mol. The van der Waals surface area contributed by atoms with E-state index in [1.165, 1.54) is 11.1 Å². The van der Waals surface area contributed by atoms with Crippen LogP contribution in [0.1, 0.15) is 19.3 Å². The second-order valence-corrected chi connectivity index (χ2v) is 5.00. The van der Waals surface area contributed by atoms with Crippen molar-refractivity contribution in [2.45, 2.75) is 19.3 Å². The average Bonchev–Trinajstić information content (AvgIpc) is 2.54. The van der Waals surface area contributed by atoms with E-state index >= 15 is 0 Å². The first-order valence-corrected chi connectivity index (χ1v) is 6.49. The number of halogens is 1. The fourth-order valence-electron chi connectivity index (χ4n) is 1.94. The minimum atomic E-state index is 0.798. The fourth-order valence-corrected chi connectivity index (χ4v) is 2.10. The Morgan fingerprint density at radius 3 is 2.94 bits per heavy atom. The summed E-state index contributed by atoms with van der Waals surface area (Å²) in [5.74, 6) is 0. The first-order valence-electron chi connectivity index (χ1n) is 6.11. The van der Waals surface area contributed by atoms with Gasteiger partial charge in [0.1, 0.15) is 0 Å². The Kier molecular flexibility index (Phi) is 4.44. The van der Waals surface area contributed by atoms with Crippen LogP contribution in [0.3, 0.4) is 0 Å². The Labute approximate surface area is 108 Å². The molecule has 0 atom stereocenters. The van der Waals surface area contributed by atoms with Gasteiger partial charge in [0.25, 0.3) is 0 Å². The molecular formula is C15H18ClN. The van der Waals surface area contributed by atoms with Crippen LogP contribution in [-0.4, -0.2) is 25.0 Å². The van der Waals surface area contributed by atoms with Gasteiger partial charge in [0.2, 0.25) is 0 Å². The normalized spacial score (nSPS) is 22.1. The Morgan fingerprint density at radius 1 is 1.29 bits per heavy atom. The molecule has 17 heavy (non-hydrogen) atoms. The number of nitrogens with zero attached hydrogens (tertiary/aromatic N) is 1. The molecule has 2 rings (SSSR count). The maximum absolute atomic E-state index is 5.94. The van der Waals surface area contributed by atoms with Crippen molar-refractivity contribution < 1.29 is 0 Å². The van der Waals surface area contributed by atoms with E-state index < -0.39 is 0 Å². The Hall–Kier alpha value is -1.01. The van der Waals surface area contributed by atoms with Gasteiger partial charge in [-0.25, -0.2) is 0 Å². The molecule has 90 valence electrons. The van der Waals surface area contributed by atoms with E-state index in [-0.39, 0.29) is 0 Å². The summed E-state index contributed by atoms with van der Waals surface area (Å²) in [6, 6.07) is 0. The average molecular weight is 248 g/mol. The van der Waals surface area contributed by atoms with Crippen molar-refractivity contribution in [2.75, 3.05) is 20.1 Å². The van der Waals surface area contributed by atoms with Crippen molar-refractivity contribution in [2.24, 2.45) is 0 Å². The lowest BCUT2D eigenvalue weighted by Gasteiger charge is -2.20. The van der Waals surface area contributed by atoms with Gasteiger partial charge in [-0.2, -0.15) is 0 Å². The summed E-state index contributed by atoms with van der Waals surface area (Å²) in [4.78, 5) is 2.33. The summed E-state index contributed by atoms with van der Waals surface area (Å²) in [5, 5.41) is 0.798. The van der Waals surface area contributed by atoms with Crippen molar-refractivity contribution in [3.8, 4) is 0 Å². The van der Waals surface area contributed by atoms with Crippen LogP contribution >= 0.6 is 11.6 Å². The zero-order chi connectivity index (χ0) is 12.1. The van der Waals surface area contributed by atoms with E-state index in [4.69, 9.17) is 11.6 Å². The van der Waals surface area contributed by atoms with E-state index in [1.807, 2.05) is 12.2 Å². The highest BCUT2D eigenvalue weighted by Gasteiger charge is 2.05. The lowest BCUT2D eigenvalue weighted by molar-refractivity contribution is 0.361. The first-order chi connectivity index (χ1) is 8.24. The zero-order valence-corrected chi connectivity index (χ0v) is 11.0. The molecule has 0 unspecified atom stereocenters. The maximum atomic E-state index is 5.94. The van der Waals surface area contributed by atoms with E-state index in [2.05, 4.69) is 35.9 Å². The lowest BCUT2D eigenvalue weighted by Crippen LogP contribution is -2.23. The third-order valence-corrected chi connectivity index (χ3v) is 3.36. The molecule has 0 aromatic heterocycles. The SMILES string of the molecule is CN1CC=C(/C=C/C2=C=CC(Cl)=CCC2)CC1. The van der Waals surface area contributed by atoms with Crippen LogP contribution in [0.15, 0.2) is 52.3 Å². The summed E-state index contributed by atoms with van der Waals surface area (Å²) < 4.78 is 0. The van der Waals surface area contributed by atoms with Crippen molar-refractivity contribution in [3.05, 3.63) is 52.3 Å². The molecule has 1 aliphatic heterocycles. The predicted octanol–water partition coefficient (Wildman–Crippen LogP) is 3.80. The van der Waals surface area contributed by atoms with E-state index in [9.17, 15) is 0 Å². The Balaban J connectivity index is 2.02. The maximum Gasteiger partial charge on any atom is 0.0443 e. The number of hydrogen-bond donors (Lipinski definition) is 0. The monoisotopic (exact) mass is 247 g/mol. The van der Waals surface area contributed by atoms with Crippen LogP contribution in [0, 0.1) is 0 Å².